The molecule has 4 nitrogen and oxygen atoms in total. The van der Waals surface area contributed by atoms with E-state index in [0.717, 1.165) is 5.57 Å². The molecule has 0 aromatic carbocycles. The smallest absolute Gasteiger partial charge is 0.278 e. The summed E-state index contributed by atoms with van der Waals surface area (Å²) < 4.78 is 0. The fourth-order valence-corrected chi connectivity index (χ4v) is 1.83. The summed E-state index contributed by atoms with van der Waals surface area (Å²) in [4.78, 5) is 23.0. The van der Waals surface area contributed by atoms with E-state index in [0.29, 0.717) is 5.57 Å². The minimum atomic E-state index is -0.565. The second kappa shape index (κ2) is 4.14. The third-order valence-electron chi connectivity index (χ3n) is 2.62. The van der Waals surface area contributed by atoms with E-state index in [-0.39, 0.29) is 23.3 Å². The summed E-state index contributed by atoms with van der Waals surface area (Å²) in [6.07, 6.45) is 0.146. The maximum Gasteiger partial charge on any atom is 0.280 e. The van der Waals surface area contributed by atoms with Gasteiger partial charge in [0.15, 0.2) is 0 Å². The molecule has 0 bridgehead atoms. The van der Waals surface area contributed by atoms with E-state index >= 15 is 0 Å². The number of imide groups is 1. The van der Waals surface area contributed by atoms with Crippen molar-refractivity contribution in [3.05, 3.63) is 11.1 Å². The molecule has 1 rings (SSSR count). The minimum absolute atomic E-state index is 0.0256. The zero-order valence-corrected chi connectivity index (χ0v) is 9.57. The van der Waals surface area contributed by atoms with Crippen molar-refractivity contribution in [1.82, 2.24) is 5.06 Å². The van der Waals surface area contributed by atoms with Gasteiger partial charge in [-0.25, -0.2) is 0 Å². The molecule has 15 heavy (non-hydrogen) atoms. The average molecular weight is 211 g/mol. The summed E-state index contributed by atoms with van der Waals surface area (Å²) in [6, 6.07) is 0. The predicted octanol–water partition coefficient (Wildman–Crippen LogP) is 1.74. The van der Waals surface area contributed by atoms with Crippen LogP contribution in [0.15, 0.2) is 11.1 Å². The standard InChI is InChI=1S/C11H17NO3/c1-6(2)8-5-9(13)12(15)11(14)10(8)7(3)4/h6-7,15H,5H2,1-4H3. The molecule has 4 heteroatoms. The maximum absolute atomic E-state index is 11.7. The SMILES string of the molecule is CC(C)C1=C(C(C)C)C(=O)N(O)C(=O)C1. The van der Waals surface area contributed by atoms with Crippen molar-refractivity contribution in [2.75, 3.05) is 0 Å². The molecule has 1 aliphatic rings. The number of hydrogen-bond donors (Lipinski definition) is 1. The summed E-state index contributed by atoms with van der Waals surface area (Å²) in [7, 11) is 0. The number of hydroxylamine groups is 2. The number of hydrogen-bond acceptors (Lipinski definition) is 3. The van der Waals surface area contributed by atoms with Crippen LogP contribution in [0, 0.1) is 11.8 Å². The van der Waals surface area contributed by atoms with Crippen LogP contribution in [0.1, 0.15) is 34.1 Å². The van der Waals surface area contributed by atoms with Gasteiger partial charge in [-0.15, -0.1) is 0 Å². The Bertz CT molecular complexity index is 329. The highest BCUT2D eigenvalue weighted by Gasteiger charge is 2.34. The average Bonchev–Trinajstić information content (AvgIpc) is 2.12. The zero-order valence-electron chi connectivity index (χ0n) is 9.57. The first kappa shape index (κ1) is 11.9. The highest BCUT2D eigenvalue weighted by molar-refractivity contribution is 6.07. The number of rotatable bonds is 2. The van der Waals surface area contributed by atoms with E-state index in [4.69, 9.17) is 0 Å². The topological polar surface area (TPSA) is 57.6 Å². The van der Waals surface area contributed by atoms with Crippen LogP contribution in [0.5, 0.6) is 0 Å². The van der Waals surface area contributed by atoms with Gasteiger partial charge in [-0.05, 0) is 17.4 Å². The predicted molar refractivity (Wildman–Crippen MR) is 55.0 cm³/mol. The van der Waals surface area contributed by atoms with Crippen LogP contribution in [-0.2, 0) is 9.59 Å². The lowest BCUT2D eigenvalue weighted by Gasteiger charge is -2.28. The summed E-state index contributed by atoms with van der Waals surface area (Å²) in [6.45, 7) is 7.68. The van der Waals surface area contributed by atoms with Crippen molar-refractivity contribution >= 4 is 11.8 Å². The Kier molecular flexibility index (Phi) is 3.29. The second-order valence-corrected chi connectivity index (χ2v) is 4.44. The van der Waals surface area contributed by atoms with Crippen molar-refractivity contribution in [2.24, 2.45) is 11.8 Å². The van der Waals surface area contributed by atoms with Gasteiger partial charge in [-0.1, -0.05) is 27.7 Å². The highest BCUT2D eigenvalue weighted by atomic mass is 16.5. The molecule has 0 radical (unpaired) electrons. The lowest BCUT2D eigenvalue weighted by Crippen LogP contribution is -2.41. The molecular formula is C11H17NO3. The van der Waals surface area contributed by atoms with Crippen LogP contribution in [0.2, 0.25) is 0 Å². The van der Waals surface area contributed by atoms with Crippen molar-refractivity contribution in [3.63, 3.8) is 0 Å². The van der Waals surface area contributed by atoms with Crippen molar-refractivity contribution in [3.8, 4) is 0 Å². The first-order chi connectivity index (χ1) is 6.86. The van der Waals surface area contributed by atoms with Gasteiger partial charge in [0.05, 0.1) is 6.42 Å². The van der Waals surface area contributed by atoms with E-state index in [9.17, 15) is 14.8 Å². The Hall–Kier alpha value is -1.16. The molecule has 0 atom stereocenters. The van der Waals surface area contributed by atoms with Crippen LogP contribution in [0.4, 0.5) is 0 Å². The van der Waals surface area contributed by atoms with Crippen LogP contribution in [0.25, 0.3) is 0 Å². The third kappa shape index (κ3) is 2.09. The van der Waals surface area contributed by atoms with Gasteiger partial charge in [0.25, 0.3) is 11.8 Å². The Balaban J connectivity index is 3.23. The van der Waals surface area contributed by atoms with Gasteiger partial charge < -0.3 is 0 Å². The highest BCUT2D eigenvalue weighted by Crippen LogP contribution is 2.29. The van der Waals surface area contributed by atoms with E-state index in [1.165, 1.54) is 0 Å². The molecule has 0 spiro atoms. The largest absolute Gasteiger partial charge is 0.280 e. The number of nitrogens with zero attached hydrogens (tertiary/aromatic N) is 1. The molecule has 0 saturated heterocycles. The molecule has 0 aromatic heterocycles. The Morgan fingerprint density at radius 1 is 1.13 bits per heavy atom. The van der Waals surface area contributed by atoms with Gasteiger partial charge >= 0.3 is 0 Å². The Labute approximate surface area is 89.5 Å². The quantitative estimate of drug-likeness (QED) is 0.559. The van der Waals surface area contributed by atoms with Crippen LogP contribution < -0.4 is 0 Å². The molecule has 1 aliphatic heterocycles. The summed E-state index contributed by atoms with van der Waals surface area (Å²) in [5.74, 6) is -0.917. The normalized spacial score (nSPS) is 18.5. The maximum atomic E-state index is 11.7. The second-order valence-electron chi connectivity index (χ2n) is 4.44. The molecule has 0 aliphatic carbocycles. The fraction of sp³-hybridized carbons (Fsp3) is 0.636. The third-order valence-corrected chi connectivity index (χ3v) is 2.62. The van der Waals surface area contributed by atoms with Crippen molar-refractivity contribution < 1.29 is 14.8 Å². The van der Waals surface area contributed by atoms with Gasteiger partial charge in [-0.3, -0.25) is 14.8 Å². The van der Waals surface area contributed by atoms with Crippen LogP contribution in [-0.4, -0.2) is 22.1 Å². The van der Waals surface area contributed by atoms with Crippen LogP contribution in [0.3, 0.4) is 0 Å². The fourth-order valence-electron chi connectivity index (χ4n) is 1.83. The van der Waals surface area contributed by atoms with E-state index in [1.807, 2.05) is 27.7 Å². The van der Waals surface area contributed by atoms with Gasteiger partial charge in [0, 0.05) is 5.57 Å². The zero-order chi connectivity index (χ0) is 11.7. The minimum Gasteiger partial charge on any atom is -0.278 e. The first-order valence-electron chi connectivity index (χ1n) is 5.15. The Morgan fingerprint density at radius 3 is 2.07 bits per heavy atom. The van der Waals surface area contributed by atoms with Crippen LogP contribution >= 0.6 is 0 Å². The summed E-state index contributed by atoms with van der Waals surface area (Å²) in [5, 5.41) is 9.50. The number of carbonyl (C=O) groups is 2. The first-order valence-corrected chi connectivity index (χ1v) is 5.15. The number of carbonyl (C=O) groups excluding carboxylic acids is 2. The number of amides is 2. The van der Waals surface area contributed by atoms with E-state index in [1.54, 1.807) is 0 Å². The molecular weight excluding hydrogens is 194 g/mol. The molecule has 0 unspecified atom stereocenters. The van der Waals surface area contributed by atoms with Gasteiger partial charge in [0.1, 0.15) is 0 Å². The molecule has 0 fully saturated rings. The van der Waals surface area contributed by atoms with E-state index < -0.39 is 11.8 Å². The van der Waals surface area contributed by atoms with Crippen molar-refractivity contribution in [1.29, 1.82) is 0 Å². The molecule has 1 heterocycles. The molecule has 1 N–H and O–H groups in total. The van der Waals surface area contributed by atoms with E-state index in [2.05, 4.69) is 0 Å². The summed E-state index contributed by atoms with van der Waals surface area (Å²) >= 11 is 0. The van der Waals surface area contributed by atoms with Crippen molar-refractivity contribution in [2.45, 2.75) is 34.1 Å². The lowest BCUT2D eigenvalue weighted by atomic mass is 9.85. The monoisotopic (exact) mass is 211 g/mol. The Morgan fingerprint density at radius 2 is 1.67 bits per heavy atom. The molecule has 84 valence electrons. The molecule has 0 saturated carbocycles. The summed E-state index contributed by atoms with van der Waals surface area (Å²) in [5.41, 5.74) is 1.43. The van der Waals surface area contributed by atoms with Gasteiger partial charge in [-0.2, -0.15) is 5.06 Å². The lowest BCUT2D eigenvalue weighted by molar-refractivity contribution is -0.177. The van der Waals surface area contributed by atoms with Gasteiger partial charge in [0.2, 0.25) is 0 Å². The molecule has 0 aromatic rings. The molecule has 2 amide bonds.